The van der Waals surface area contributed by atoms with Crippen LogP contribution in [0.1, 0.15) is 22.9 Å². The van der Waals surface area contributed by atoms with Crippen LogP contribution in [0.15, 0.2) is 60.9 Å². The lowest BCUT2D eigenvalue weighted by atomic mass is 10.0. The molecule has 4 heterocycles. The van der Waals surface area contributed by atoms with Crippen LogP contribution in [0.25, 0.3) is 10.9 Å². The van der Waals surface area contributed by atoms with Crippen molar-refractivity contribution in [1.82, 2.24) is 31.3 Å². The first kappa shape index (κ1) is 23.6. The molecule has 4 aromatic rings. The molecule has 3 aromatic heterocycles. The number of hydrogen-bond acceptors (Lipinski definition) is 9. The lowest BCUT2D eigenvalue weighted by Gasteiger charge is -2.23. The van der Waals surface area contributed by atoms with Crippen molar-refractivity contribution in [2.75, 3.05) is 10.6 Å². The van der Waals surface area contributed by atoms with E-state index in [-0.39, 0.29) is 11.3 Å². The first-order valence-corrected chi connectivity index (χ1v) is 11.4. The maximum absolute atomic E-state index is 14.1. The Bertz CT molecular complexity index is 1550. The van der Waals surface area contributed by atoms with Crippen LogP contribution in [0.3, 0.4) is 0 Å². The number of nitrogens with zero attached hydrogens (tertiary/aromatic N) is 4. The van der Waals surface area contributed by atoms with Crippen LogP contribution in [0.4, 0.5) is 21.5 Å². The van der Waals surface area contributed by atoms with Gasteiger partial charge in [-0.3, -0.25) is 15.0 Å². The Morgan fingerprint density at radius 2 is 1.94 bits per heavy atom. The summed E-state index contributed by atoms with van der Waals surface area (Å²) in [5.41, 5.74) is 12.7. The number of nitrogens with one attached hydrogen (secondary N) is 5. The van der Waals surface area contributed by atoms with Crippen molar-refractivity contribution in [3.05, 3.63) is 93.6 Å². The molecule has 180 valence electrons. The molecule has 12 heteroatoms. The van der Waals surface area contributed by atoms with Crippen LogP contribution < -0.4 is 27.0 Å². The number of nitriles is 1. The van der Waals surface area contributed by atoms with Gasteiger partial charge in [0.05, 0.1) is 51.1 Å². The fourth-order valence-corrected chi connectivity index (χ4v) is 4.27. The Morgan fingerprint density at radius 1 is 1.08 bits per heavy atom. The van der Waals surface area contributed by atoms with Crippen molar-refractivity contribution in [3.63, 3.8) is 0 Å². The van der Waals surface area contributed by atoms with Gasteiger partial charge < -0.3 is 21.5 Å². The van der Waals surface area contributed by atoms with E-state index in [1.807, 2.05) is 6.07 Å². The minimum atomic E-state index is -0.465. The van der Waals surface area contributed by atoms with E-state index in [2.05, 4.69) is 48.0 Å². The topological polar surface area (TPSA) is 123 Å². The largest absolute Gasteiger partial charge is 0.373 e. The zero-order chi connectivity index (χ0) is 25.2. The highest BCUT2D eigenvalue weighted by atomic mass is 35.5. The van der Waals surface area contributed by atoms with Crippen LogP contribution >= 0.6 is 23.2 Å². The van der Waals surface area contributed by atoms with Gasteiger partial charge >= 0.3 is 0 Å². The molecule has 1 aliphatic rings. The first-order chi connectivity index (χ1) is 17.4. The monoisotopic (exact) mass is 521 g/mol. The molecular weight excluding hydrogens is 504 g/mol. The van der Waals surface area contributed by atoms with Crippen molar-refractivity contribution in [2.45, 2.75) is 13.0 Å². The van der Waals surface area contributed by atoms with Crippen LogP contribution in [-0.4, -0.2) is 15.0 Å². The summed E-state index contributed by atoms with van der Waals surface area (Å²) in [5.74, 6) is -0.465. The highest BCUT2D eigenvalue weighted by Crippen LogP contribution is 2.37. The SMILES string of the molecule is Cc1ncc(Nc2c(C#N)cnc3c(Cl)cc(N[C@H](C4=CNNN4)c4cnccc4Cl)cc23)cc1F. The van der Waals surface area contributed by atoms with Crippen molar-refractivity contribution in [3.8, 4) is 6.07 Å². The highest BCUT2D eigenvalue weighted by molar-refractivity contribution is 6.36. The van der Waals surface area contributed by atoms with Crippen LogP contribution in [0.2, 0.25) is 10.0 Å². The quantitative estimate of drug-likeness (QED) is 0.238. The number of anilines is 3. The summed E-state index contributed by atoms with van der Waals surface area (Å²) in [6.07, 6.45) is 7.95. The summed E-state index contributed by atoms with van der Waals surface area (Å²) in [6, 6.07) is 8.26. The third-order valence-electron chi connectivity index (χ3n) is 5.58. The molecule has 1 aromatic carbocycles. The number of hydrogen-bond donors (Lipinski definition) is 5. The predicted octanol–water partition coefficient (Wildman–Crippen LogP) is 5.00. The van der Waals surface area contributed by atoms with Gasteiger partial charge in [0, 0.05) is 52.5 Å². The summed E-state index contributed by atoms with van der Waals surface area (Å²) in [6.45, 7) is 1.57. The number of pyridine rings is 3. The molecule has 0 saturated carbocycles. The number of rotatable bonds is 6. The Hall–Kier alpha value is -4.17. The molecule has 0 radical (unpaired) electrons. The van der Waals surface area contributed by atoms with E-state index in [0.29, 0.717) is 38.0 Å². The number of benzene rings is 1. The zero-order valence-electron chi connectivity index (χ0n) is 18.7. The van der Waals surface area contributed by atoms with Gasteiger partial charge in [0.15, 0.2) is 0 Å². The minimum Gasteiger partial charge on any atom is -0.373 e. The average Bonchev–Trinajstić information content (AvgIpc) is 3.40. The standard InChI is InChI=1S/C24H18Cl2FN9/c1-12-20(27)6-15(9-30-12)34-22-13(7-28)8-31-23-16(22)4-14(5-19(23)26)33-24(21-11-32-36-35-21)17-10-29-3-2-18(17)25/h2-6,8-11,24,32-33,35-36H,1H3,(H,31,34)/t24-/m0/s1. The molecule has 0 spiro atoms. The van der Waals surface area contributed by atoms with Gasteiger partial charge in [-0.1, -0.05) is 23.2 Å². The van der Waals surface area contributed by atoms with E-state index in [1.165, 1.54) is 18.5 Å². The predicted molar refractivity (Wildman–Crippen MR) is 137 cm³/mol. The molecule has 5 rings (SSSR count). The minimum absolute atomic E-state index is 0.261. The van der Waals surface area contributed by atoms with Gasteiger partial charge in [0.2, 0.25) is 0 Å². The number of halogens is 3. The third kappa shape index (κ3) is 4.55. The highest BCUT2D eigenvalue weighted by Gasteiger charge is 2.23. The molecule has 0 amide bonds. The smallest absolute Gasteiger partial charge is 0.146 e. The molecule has 0 fully saturated rings. The maximum Gasteiger partial charge on any atom is 0.146 e. The lowest BCUT2D eigenvalue weighted by molar-refractivity contribution is 0.583. The summed E-state index contributed by atoms with van der Waals surface area (Å²) in [5, 5.41) is 17.7. The van der Waals surface area contributed by atoms with Gasteiger partial charge in [0.25, 0.3) is 0 Å². The van der Waals surface area contributed by atoms with Crippen LogP contribution in [0, 0.1) is 24.1 Å². The number of hydrazine groups is 2. The molecule has 0 bridgehead atoms. The molecule has 36 heavy (non-hydrogen) atoms. The summed E-state index contributed by atoms with van der Waals surface area (Å²) in [7, 11) is 0. The molecular formula is C24H18Cl2FN9. The normalized spacial score (nSPS) is 13.4. The third-order valence-corrected chi connectivity index (χ3v) is 6.21. The Balaban J connectivity index is 1.61. The molecule has 0 saturated heterocycles. The second-order valence-electron chi connectivity index (χ2n) is 7.90. The maximum atomic E-state index is 14.1. The molecule has 9 nitrogen and oxygen atoms in total. The van der Waals surface area contributed by atoms with E-state index < -0.39 is 11.9 Å². The zero-order valence-corrected chi connectivity index (χ0v) is 20.2. The fraction of sp³-hybridized carbons (Fsp3) is 0.0833. The Labute approximate surface area is 215 Å². The average molecular weight is 522 g/mol. The van der Waals surface area contributed by atoms with Gasteiger partial charge in [-0.05, 0) is 25.1 Å². The van der Waals surface area contributed by atoms with E-state index >= 15 is 0 Å². The summed E-state index contributed by atoms with van der Waals surface area (Å²) in [4.78, 5) is 12.6. The van der Waals surface area contributed by atoms with Crippen molar-refractivity contribution in [1.29, 1.82) is 5.26 Å². The Morgan fingerprint density at radius 3 is 2.67 bits per heavy atom. The molecule has 1 aliphatic heterocycles. The molecule has 0 unspecified atom stereocenters. The van der Waals surface area contributed by atoms with E-state index in [4.69, 9.17) is 23.2 Å². The van der Waals surface area contributed by atoms with Crippen molar-refractivity contribution < 1.29 is 4.39 Å². The van der Waals surface area contributed by atoms with E-state index in [1.54, 1.807) is 37.7 Å². The number of aryl methyl sites for hydroxylation is 1. The number of aromatic nitrogens is 3. The van der Waals surface area contributed by atoms with Crippen molar-refractivity contribution >= 4 is 51.2 Å². The van der Waals surface area contributed by atoms with E-state index in [9.17, 15) is 9.65 Å². The van der Waals surface area contributed by atoms with Crippen LogP contribution in [0.5, 0.6) is 0 Å². The lowest BCUT2D eigenvalue weighted by Crippen LogP contribution is -2.34. The van der Waals surface area contributed by atoms with Crippen molar-refractivity contribution in [2.24, 2.45) is 0 Å². The van der Waals surface area contributed by atoms with Gasteiger partial charge in [-0.2, -0.15) is 10.8 Å². The Kier molecular flexibility index (Phi) is 6.43. The van der Waals surface area contributed by atoms with Gasteiger partial charge in [-0.15, -0.1) is 0 Å². The van der Waals surface area contributed by atoms with Crippen LogP contribution in [-0.2, 0) is 0 Å². The fourth-order valence-electron chi connectivity index (χ4n) is 3.79. The second-order valence-corrected chi connectivity index (χ2v) is 8.71. The number of fused-ring (bicyclic) bond motifs is 1. The molecule has 0 aliphatic carbocycles. The van der Waals surface area contributed by atoms with E-state index in [0.717, 1.165) is 11.3 Å². The summed E-state index contributed by atoms with van der Waals surface area (Å²) < 4.78 is 14.1. The second kappa shape index (κ2) is 9.83. The van der Waals surface area contributed by atoms with Gasteiger partial charge in [-0.25, -0.2) is 4.39 Å². The summed E-state index contributed by atoms with van der Waals surface area (Å²) >= 11 is 13.1. The first-order valence-electron chi connectivity index (χ1n) is 10.7. The molecule has 5 N–H and O–H groups in total. The molecule has 1 atom stereocenters. The van der Waals surface area contributed by atoms with Gasteiger partial charge in [0.1, 0.15) is 11.9 Å².